The second-order valence-electron chi connectivity index (χ2n) is 19.6. The summed E-state index contributed by atoms with van der Waals surface area (Å²) in [6, 6.07) is 30.5. The van der Waals surface area contributed by atoms with Crippen LogP contribution in [0.1, 0.15) is 36.8 Å². The van der Waals surface area contributed by atoms with Crippen molar-refractivity contribution in [3.05, 3.63) is 191 Å². The summed E-state index contributed by atoms with van der Waals surface area (Å²) in [5, 5.41) is 81.7. The molecule has 0 bridgehead atoms. The van der Waals surface area contributed by atoms with E-state index in [0.29, 0.717) is 37.7 Å². The van der Waals surface area contributed by atoms with Gasteiger partial charge in [-0.3, -0.25) is 45.3 Å². The lowest BCUT2D eigenvalue weighted by Crippen LogP contribution is -2.36. The first kappa shape index (κ1) is 69.1. The fourth-order valence-electron chi connectivity index (χ4n) is 8.67. The largest absolute Gasteiger partial charge is 0.472 e. The van der Waals surface area contributed by atoms with Gasteiger partial charge in [-0.2, -0.15) is 0 Å². The molecular weight excluding hydrogens is 1160 g/mol. The summed E-state index contributed by atoms with van der Waals surface area (Å²) >= 11 is 5.37. The zero-order chi connectivity index (χ0) is 64.0. The number of likely N-dealkylation sites (tertiary alicyclic amines) is 1. The second-order valence-corrected chi connectivity index (χ2v) is 20.0. The zero-order valence-electron chi connectivity index (χ0n) is 47.9. The Morgan fingerprint density at radius 2 is 1.00 bits per heavy atom. The highest BCUT2D eigenvalue weighted by Crippen LogP contribution is 2.26. The number of nitro groups is 4. The number of halogens is 1. The van der Waals surface area contributed by atoms with E-state index in [1.165, 1.54) is 55.0 Å². The quantitative estimate of drug-likeness (QED) is 0.0253. The molecule has 88 heavy (non-hydrogen) atoms. The standard InChI is InChI=1S/C18H16N4O3.C10H15BN4O3.C9H12N4O2.C9H6O2.C5H13BN2O.C5H3ClN2O2/c23-17(9-8-14-5-2-1-3-6-14)21-12-10-15(13-21)20-18-16(22(24)25)7-4-11-19-18;1-11(16)14-6-4-8(7-14)13-10-9(15(17)18)3-2-5-12-10;14-13(15)8-2-1-4-11-9(8)12-7-3-5-10-6-7;10-9(11)7-6-8-4-2-1-3-5-8;1-6(9)8-3-2-5(7)4-8;6-5-4(8(9)10)2-1-3-7-5/h1-7,11,15H,10,12-13H2,(H,19,20);2-3,5,8,16H,4,6-7H2,1H3,(H,12,13);1-2,4,7,10H,3,5-6H2,(H,11,12);1-5H,(H,10,11);5,9H,2-4,7H2,1H3;1-3H. The molecule has 4 fully saturated rings. The number of pyridine rings is 4. The number of nitrogens with two attached hydrogens (primary N) is 1. The van der Waals surface area contributed by atoms with Gasteiger partial charge in [0.25, 0.3) is 5.91 Å². The van der Waals surface area contributed by atoms with E-state index >= 15 is 0 Å². The lowest BCUT2D eigenvalue weighted by molar-refractivity contribution is -0.385. The molecule has 0 aliphatic carbocycles. The Kier molecular flexibility index (Phi) is 28.5. The van der Waals surface area contributed by atoms with Gasteiger partial charge in [-0.1, -0.05) is 59.8 Å². The molecule has 4 aliphatic heterocycles. The highest BCUT2D eigenvalue weighted by Gasteiger charge is 2.30. The number of carboxylic acid groups (broad SMARTS) is 1. The first-order valence-corrected chi connectivity index (χ1v) is 27.9. The van der Waals surface area contributed by atoms with Crippen LogP contribution in [0, 0.1) is 64.1 Å². The first-order chi connectivity index (χ1) is 42.2. The molecule has 4 aliphatic rings. The smallest absolute Gasteiger partial charge is 0.382 e. The summed E-state index contributed by atoms with van der Waals surface area (Å²) in [7, 11) is -0.811. The second kappa shape index (κ2) is 36.3. The third kappa shape index (κ3) is 24.0. The molecule has 29 nitrogen and oxygen atoms in total. The topological polar surface area (TPSA) is 403 Å². The Labute approximate surface area is 512 Å². The van der Waals surface area contributed by atoms with Crippen molar-refractivity contribution >= 4 is 77.8 Å². The van der Waals surface area contributed by atoms with Gasteiger partial charge < -0.3 is 56.7 Å². The van der Waals surface area contributed by atoms with Crippen LogP contribution in [0.2, 0.25) is 18.8 Å². The molecule has 4 unspecified atom stereocenters. The van der Waals surface area contributed by atoms with E-state index in [1.54, 1.807) is 49.0 Å². The van der Waals surface area contributed by atoms with E-state index in [9.17, 15) is 55.1 Å². The minimum absolute atomic E-state index is 0.0204. The van der Waals surface area contributed by atoms with Crippen LogP contribution >= 0.6 is 11.6 Å². The van der Waals surface area contributed by atoms with Crippen molar-refractivity contribution in [1.82, 2.24) is 39.8 Å². The molecule has 1 amide bonds. The van der Waals surface area contributed by atoms with Gasteiger partial charge in [0, 0.05) is 129 Å². The van der Waals surface area contributed by atoms with Crippen molar-refractivity contribution in [3.8, 4) is 23.7 Å². The van der Waals surface area contributed by atoms with Crippen molar-refractivity contribution in [3.63, 3.8) is 0 Å². The van der Waals surface area contributed by atoms with Gasteiger partial charge >= 0.3 is 42.8 Å². The zero-order valence-corrected chi connectivity index (χ0v) is 48.7. The van der Waals surface area contributed by atoms with Crippen LogP contribution in [0.5, 0.6) is 0 Å². The van der Waals surface area contributed by atoms with Crippen LogP contribution in [-0.2, 0) is 9.59 Å². The normalized spacial score (nSPS) is 17.0. The molecule has 9 N–H and O–H groups in total. The number of carbonyl (C=O) groups is 2. The molecular formula is C56H65B2ClN16O13. The fourth-order valence-corrected chi connectivity index (χ4v) is 8.86. The van der Waals surface area contributed by atoms with Gasteiger partial charge in [0.15, 0.2) is 0 Å². The Bertz CT molecular complexity index is 3400. The monoisotopic (exact) mass is 1230 g/mol. The maximum atomic E-state index is 12.2. The number of carbonyl (C=O) groups excluding carboxylic acids is 1. The van der Waals surface area contributed by atoms with Crippen LogP contribution in [-0.4, -0.2) is 172 Å². The number of hydrogen-bond donors (Lipinski definition) is 8. The summed E-state index contributed by atoms with van der Waals surface area (Å²) < 4.78 is 0. The summed E-state index contributed by atoms with van der Waals surface area (Å²) in [4.78, 5) is 84.0. The average Bonchev–Trinajstić information content (AvgIpc) is 4.51. The van der Waals surface area contributed by atoms with Gasteiger partial charge in [-0.05, 0) is 107 Å². The minimum Gasteiger partial charge on any atom is -0.472 e. The summed E-state index contributed by atoms with van der Waals surface area (Å²) in [6.45, 7) is 9.48. The lowest BCUT2D eigenvalue weighted by Gasteiger charge is -2.17. The van der Waals surface area contributed by atoms with Crippen molar-refractivity contribution in [2.75, 3.05) is 68.3 Å². The van der Waals surface area contributed by atoms with E-state index in [0.717, 1.165) is 63.1 Å². The number of rotatable bonds is 12. The molecule has 4 aromatic heterocycles. The SMILES string of the molecule is CB(O)N1CCC(N)C1.CB(O)N1CCC(Nc2ncccc2[N+](=O)[O-])C1.O=C(C#Cc1ccccc1)N1CCC(Nc2ncccc2[N+](=O)[O-])C1.O=C(O)C#Cc1ccccc1.O=[N+]([O-])c1cccnc1Cl.O=[N+]([O-])c1cccnc1NC1CCNC1. The van der Waals surface area contributed by atoms with Gasteiger partial charge in [0.1, 0.15) is 0 Å². The molecule has 10 rings (SSSR count). The molecule has 6 aromatic rings. The molecule has 4 saturated heterocycles. The molecule has 32 heteroatoms. The average molecular weight is 1230 g/mol. The Morgan fingerprint density at radius 1 is 0.580 bits per heavy atom. The minimum atomic E-state index is -1.10. The summed E-state index contributed by atoms with van der Waals surface area (Å²) in [6.07, 6.45) is 9.48. The van der Waals surface area contributed by atoms with Crippen LogP contribution in [0.25, 0.3) is 0 Å². The maximum Gasteiger partial charge on any atom is 0.382 e. The lowest BCUT2D eigenvalue weighted by atomic mass is 9.86. The molecule has 2 aromatic carbocycles. The van der Waals surface area contributed by atoms with E-state index in [4.69, 9.17) is 27.5 Å². The number of amides is 1. The van der Waals surface area contributed by atoms with Crippen molar-refractivity contribution in [2.24, 2.45) is 5.73 Å². The molecule has 460 valence electrons. The third-order valence-electron chi connectivity index (χ3n) is 13.2. The number of anilines is 3. The first-order valence-electron chi connectivity index (χ1n) is 27.5. The highest BCUT2D eigenvalue weighted by molar-refractivity contribution is 6.45. The number of benzene rings is 2. The highest BCUT2D eigenvalue weighted by atomic mass is 35.5. The fraction of sp³-hybridized carbons (Fsp3) is 0.321. The third-order valence-corrected chi connectivity index (χ3v) is 13.4. The van der Waals surface area contributed by atoms with Crippen molar-refractivity contribution in [2.45, 2.75) is 63.5 Å². The number of carboxylic acids is 1. The predicted octanol–water partition coefficient (Wildman–Crippen LogP) is 5.30. The van der Waals surface area contributed by atoms with Crippen LogP contribution in [0.4, 0.5) is 40.2 Å². The van der Waals surface area contributed by atoms with E-state index in [1.807, 2.05) is 64.1 Å². The number of aromatic nitrogens is 4. The van der Waals surface area contributed by atoms with Gasteiger partial charge in [-0.25, -0.2) is 24.7 Å². The van der Waals surface area contributed by atoms with Gasteiger partial charge in [-0.15, -0.1) is 0 Å². The Hall–Kier alpha value is -9.72. The maximum absolute atomic E-state index is 12.2. The number of hydrogen-bond acceptors (Lipinski definition) is 23. The Morgan fingerprint density at radius 3 is 1.39 bits per heavy atom. The molecule has 8 heterocycles. The van der Waals surface area contributed by atoms with Crippen LogP contribution in [0.3, 0.4) is 0 Å². The number of nitrogens with one attached hydrogen (secondary N) is 4. The van der Waals surface area contributed by atoms with E-state index in [2.05, 4.69) is 59.0 Å². The molecule has 0 spiro atoms. The number of aliphatic carboxylic acids is 1. The summed E-state index contributed by atoms with van der Waals surface area (Å²) in [5.74, 6) is 9.53. The van der Waals surface area contributed by atoms with Crippen molar-refractivity contribution < 1.29 is 44.4 Å². The Balaban J connectivity index is 0.000000200. The molecule has 0 radical (unpaired) electrons. The van der Waals surface area contributed by atoms with Gasteiger partial charge in [0.05, 0.1) is 19.7 Å². The van der Waals surface area contributed by atoms with Crippen LogP contribution < -0.4 is 27.0 Å². The van der Waals surface area contributed by atoms with E-state index < -0.39 is 32.7 Å². The molecule has 4 atom stereocenters. The van der Waals surface area contributed by atoms with Crippen molar-refractivity contribution in [1.29, 1.82) is 0 Å². The van der Waals surface area contributed by atoms with Gasteiger partial charge in [0.2, 0.25) is 22.6 Å². The predicted molar refractivity (Wildman–Crippen MR) is 332 cm³/mol. The summed E-state index contributed by atoms with van der Waals surface area (Å²) in [5.41, 5.74) is 6.89. The number of nitrogens with zero attached hydrogens (tertiary/aromatic N) is 11. The molecule has 0 saturated carbocycles. The van der Waals surface area contributed by atoms with E-state index in [-0.39, 0.29) is 70.8 Å². The van der Waals surface area contributed by atoms with Crippen LogP contribution in [0.15, 0.2) is 134 Å².